The zero-order chi connectivity index (χ0) is 28.5. The van der Waals surface area contributed by atoms with Gasteiger partial charge in [-0.05, 0) is 29.8 Å². The van der Waals surface area contributed by atoms with Gasteiger partial charge >= 0.3 is 0 Å². The lowest BCUT2D eigenvalue weighted by Gasteiger charge is -2.34. The van der Waals surface area contributed by atoms with E-state index < -0.39 is 12.1 Å². The standard InChI is InChI=1S/C33H34N2O5/c1-22(30(23-14-8-5-9-15-23)34-32(36)24-16-10-6-11-17-24)31(35-33(37)25-18-12-7-13-19-25)29-27(39-3)20-26(38-2)21-28(29)40-4/h5-22,30-31H,1-4H3,(H,34,36)(H,35,37)/t22-,30-,31+/m1/s1. The molecule has 2 amide bonds. The first-order chi connectivity index (χ1) is 19.5. The Morgan fingerprint density at radius 3 is 1.45 bits per heavy atom. The molecule has 7 nitrogen and oxygen atoms in total. The molecule has 7 heteroatoms. The number of benzene rings is 4. The maximum absolute atomic E-state index is 13.6. The summed E-state index contributed by atoms with van der Waals surface area (Å²) >= 11 is 0. The van der Waals surface area contributed by atoms with Crippen LogP contribution in [0.15, 0.2) is 103 Å². The average molecular weight is 539 g/mol. The van der Waals surface area contributed by atoms with Gasteiger partial charge < -0.3 is 24.8 Å². The second-order valence-electron chi connectivity index (χ2n) is 9.35. The van der Waals surface area contributed by atoms with Crippen molar-refractivity contribution in [2.24, 2.45) is 5.92 Å². The van der Waals surface area contributed by atoms with Crippen LogP contribution >= 0.6 is 0 Å². The molecule has 2 N–H and O–H groups in total. The Labute approximate surface area is 235 Å². The Morgan fingerprint density at radius 1 is 0.600 bits per heavy atom. The van der Waals surface area contributed by atoms with Crippen LogP contribution in [0.1, 0.15) is 50.9 Å². The first-order valence-electron chi connectivity index (χ1n) is 13.0. The van der Waals surface area contributed by atoms with Gasteiger partial charge in [-0.1, -0.05) is 73.7 Å². The number of carbonyl (C=O) groups excluding carboxylic acids is 2. The third-order valence-corrected chi connectivity index (χ3v) is 6.92. The highest BCUT2D eigenvalue weighted by atomic mass is 16.5. The summed E-state index contributed by atoms with van der Waals surface area (Å²) in [4.78, 5) is 27.0. The number of amides is 2. The van der Waals surface area contributed by atoms with Gasteiger partial charge in [0, 0.05) is 29.2 Å². The first-order valence-corrected chi connectivity index (χ1v) is 13.0. The third-order valence-electron chi connectivity index (χ3n) is 6.92. The number of hydrogen-bond acceptors (Lipinski definition) is 5. The van der Waals surface area contributed by atoms with Gasteiger partial charge in [-0.15, -0.1) is 0 Å². The highest BCUT2D eigenvalue weighted by Crippen LogP contribution is 2.44. The van der Waals surface area contributed by atoms with E-state index in [0.717, 1.165) is 5.56 Å². The lowest BCUT2D eigenvalue weighted by molar-refractivity contribution is 0.0890. The zero-order valence-electron chi connectivity index (χ0n) is 23.1. The normalized spacial score (nSPS) is 12.9. The van der Waals surface area contributed by atoms with Crippen molar-refractivity contribution < 1.29 is 23.8 Å². The lowest BCUT2D eigenvalue weighted by Crippen LogP contribution is -2.41. The summed E-state index contributed by atoms with van der Waals surface area (Å²) < 4.78 is 17.0. The largest absolute Gasteiger partial charge is 0.496 e. The number of nitrogens with one attached hydrogen (secondary N) is 2. The van der Waals surface area contributed by atoms with Crippen LogP contribution in [0.2, 0.25) is 0 Å². The molecular formula is C33H34N2O5. The van der Waals surface area contributed by atoms with E-state index in [-0.39, 0.29) is 17.7 Å². The first kappa shape index (κ1) is 28.2. The van der Waals surface area contributed by atoms with Gasteiger partial charge in [-0.3, -0.25) is 9.59 Å². The monoisotopic (exact) mass is 538 g/mol. The van der Waals surface area contributed by atoms with Gasteiger partial charge in [-0.25, -0.2) is 0 Å². The van der Waals surface area contributed by atoms with Gasteiger partial charge in [0.25, 0.3) is 11.8 Å². The molecule has 0 saturated heterocycles. The number of methoxy groups -OCH3 is 3. The van der Waals surface area contributed by atoms with Crippen LogP contribution in [0.25, 0.3) is 0 Å². The molecule has 0 aliphatic rings. The van der Waals surface area contributed by atoms with Crippen molar-refractivity contribution in [1.82, 2.24) is 10.6 Å². The summed E-state index contributed by atoms with van der Waals surface area (Å²) in [6.45, 7) is 1.99. The van der Waals surface area contributed by atoms with Crippen LogP contribution < -0.4 is 24.8 Å². The van der Waals surface area contributed by atoms with Crippen molar-refractivity contribution in [2.75, 3.05) is 21.3 Å². The Morgan fingerprint density at radius 2 is 1.02 bits per heavy atom. The fraction of sp³-hybridized carbons (Fsp3) is 0.212. The van der Waals surface area contributed by atoms with Crippen LogP contribution in [0, 0.1) is 5.92 Å². The Hall–Kier alpha value is -4.78. The molecular weight excluding hydrogens is 504 g/mol. The second kappa shape index (κ2) is 13.3. The zero-order valence-corrected chi connectivity index (χ0v) is 23.1. The van der Waals surface area contributed by atoms with E-state index in [1.54, 1.807) is 57.7 Å². The molecule has 0 aromatic heterocycles. The molecule has 0 radical (unpaired) electrons. The van der Waals surface area contributed by atoms with Gasteiger partial charge in [0.05, 0.1) is 39.0 Å². The molecule has 0 unspecified atom stereocenters. The van der Waals surface area contributed by atoms with E-state index in [0.29, 0.717) is 33.9 Å². The Kier molecular flexibility index (Phi) is 9.41. The average Bonchev–Trinajstić information content (AvgIpc) is 3.02. The summed E-state index contributed by atoms with van der Waals surface area (Å²) in [5.74, 6) is 0.682. The summed E-state index contributed by atoms with van der Waals surface area (Å²) in [5, 5.41) is 6.42. The van der Waals surface area contributed by atoms with Crippen LogP contribution in [0.4, 0.5) is 0 Å². The highest BCUT2D eigenvalue weighted by molar-refractivity contribution is 5.95. The number of hydrogen-bond donors (Lipinski definition) is 2. The summed E-state index contributed by atoms with van der Waals surface area (Å²) in [5.41, 5.74) is 2.58. The van der Waals surface area contributed by atoms with Crippen molar-refractivity contribution in [1.29, 1.82) is 0 Å². The predicted molar refractivity (Wildman–Crippen MR) is 155 cm³/mol. The van der Waals surface area contributed by atoms with Gasteiger partial charge in [-0.2, -0.15) is 0 Å². The fourth-order valence-electron chi connectivity index (χ4n) is 4.81. The number of carbonyl (C=O) groups is 2. The van der Waals surface area contributed by atoms with Crippen molar-refractivity contribution in [3.63, 3.8) is 0 Å². The van der Waals surface area contributed by atoms with E-state index in [1.807, 2.05) is 73.7 Å². The molecule has 206 valence electrons. The summed E-state index contributed by atoms with van der Waals surface area (Å²) in [6, 6.07) is 30.2. The molecule has 3 atom stereocenters. The molecule has 0 heterocycles. The third kappa shape index (κ3) is 6.43. The lowest BCUT2D eigenvalue weighted by atomic mass is 9.83. The maximum Gasteiger partial charge on any atom is 0.251 e. The Balaban J connectivity index is 1.83. The molecule has 0 aliphatic carbocycles. The predicted octanol–water partition coefficient (Wildman–Crippen LogP) is 5.99. The van der Waals surface area contributed by atoms with E-state index in [2.05, 4.69) is 10.6 Å². The molecule has 0 aliphatic heterocycles. The molecule has 4 aromatic rings. The van der Waals surface area contributed by atoms with E-state index >= 15 is 0 Å². The van der Waals surface area contributed by atoms with Crippen LogP contribution in [-0.4, -0.2) is 33.1 Å². The SMILES string of the molecule is COc1cc(OC)c([C@@H](NC(=O)c2ccccc2)[C@H](C)[C@@H](NC(=O)c2ccccc2)c2ccccc2)c(OC)c1. The van der Waals surface area contributed by atoms with Gasteiger partial charge in [0.15, 0.2) is 0 Å². The summed E-state index contributed by atoms with van der Waals surface area (Å²) in [7, 11) is 4.68. The molecule has 0 bridgehead atoms. The van der Waals surface area contributed by atoms with Gasteiger partial charge in [0.1, 0.15) is 17.2 Å². The van der Waals surface area contributed by atoms with Gasteiger partial charge in [0.2, 0.25) is 0 Å². The van der Waals surface area contributed by atoms with Crippen LogP contribution in [0.3, 0.4) is 0 Å². The molecule has 4 rings (SSSR count). The highest BCUT2D eigenvalue weighted by Gasteiger charge is 2.35. The Bertz CT molecular complexity index is 1390. The number of ether oxygens (including phenoxy) is 3. The fourth-order valence-corrected chi connectivity index (χ4v) is 4.81. The molecule has 0 fully saturated rings. The van der Waals surface area contributed by atoms with E-state index in [9.17, 15) is 9.59 Å². The van der Waals surface area contributed by atoms with Crippen molar-refractivity contribution in [3.05, 3.63) is 125 Å². The minimum Gasteiger partial charge on any atom is -0.496 e. The molecule has 40 heavy (non-hydrogen) atoms. The topological polar surface area (TPSA) is 85.9 Å². The van der Waals surface area contributed by atoms with Crippen molar-refractivity contribution in [2.45, 2.75) is 19.0 Å². The van der Waals surface area contributed by atoms with Crippen molar-refractivity contribution in [3.8, 4) is 17.2 Å². The van der Waals surface area contributed by atoms with E-state index in [4.69, 9.17) is 14.2 Å². The smallest absolute Gasteiger partial charge is 0.251 e. The molecule has 4 aromatic carbocycles. The number of rotatable bonds is 11. The maximum atomic E-state index is 13.6. The molecule has 0 spiro atoms. The van der Waals surface area contributed by atoms with Crippen molar-refractivity contribution >= 4 is 11.8 Å². The quantitative estimate of drug-likeness (QED) is 0.245. The minimum absolute atomic E-state index is 0.219. The summed E-state index contributed by atoms with van der Waals surface area (Å²) in [6.07, 6.45) is 0. The molecule has 0 saturated carbocycles. The minimum atomic E-state index is -0.634. The van der Waals surface area contributed by atoms with Crippen LogP contribution in [-0.2, 0) is 0 Å². The van der Waals surface area contributed by atoms with E-state index in [1.165, 1.54) is 0 Å². The second-order valence-corrected chi connectivity index (χ2v) is 9.35. The van der Waals surface area contributed by atoms with Crippen LogP contribution in [0.5, 0.6) is 17.2 Å².